The molecule has 0 radical (unpaired) electrons. The predicted octanol–water partition coefficient (Wildman–Crippen LogP) is 1.46. The summed E-state index contributed by atoms with van der Waals surface area (Å²) in [4.78, 5) is 29.1. The molecule has 5 heteroatoms. The number of amides is 1. The van der Waals surface area contributed by atoms with E-state index in [4.69, 9.17) is 5.73 Å². The van der Waals surface area contributed by atoms with Gasteiger partial charge in [0.25, 0.3) is 5.91 Å². The van der Waals surface area contributed by atoms with Gasteiger partial charge < -0.3 is 15.6 Å². The first kappa shape index (κ1) is 13.4. The van der Waals surface area contributed by atoms with Gasteiger partial charge in [-0.25, -0.2) is 0 Å². The molecular weight excluding hydrogens is 266 g/mol. The third kappa shape index (κ3) is 2.42. The Hall–Kier alpha value is -2.56. The number of nitrogens with zero attached hydrogens (tertiary/aromatic N) is 1. The molecule has 3 rings (SSSR count). The van der Waals surface area contributed by atoms with Gasteiger partial charge >= 0.3 is 0 Å². The number of aromatic amines is 1. The average Bonchev–Trinajstić information content (AvgIpc) is 2.46. The number of fused-ring (bicyclic) bond motifs is 1. The molecule has 3 N–H and O–H groups in total. The van der Waals surface area contributed by atoms with Gasteiger partial charge in [-0.2, -0.15) is 0 Å². The molecule has 2 heterocycles. The summed E-state index contributed by atoms with van der Waals surface area (Å²) in [6, 6.07) is 7.19. The van der Waals surface area contributed by atoms with Gasteiger partial charge in [-0.3, -0.25) is 9.59 Å². The van der Waals surface area contributed by atoms with Crippen molar-refractivity contribution in [3.05, 3.63) is 63.1 Å². The van der Waals surface area contributed by atoms with Crippen LogP contribution in [0.25, 0.3) is 0 Å². The molecular formula is C16H17N3O2. The summed E-state index contributed by atoms with van der Waals surface area (Å²) in [5.74, 6) is -0.232. The molecule has 0 saturated carbocycles. The third-order valence-electron chi connectivity index (χ3n) is 3.88. The van der Waals surface area contributed by atoms with Crippen molar-refractivity contribution in [2.45, 2.75) is 19.9 Å². The van der Waals surface area contributed by atoms with Gasteiger partial charge in [-0.1, -0.05) is 12.1 Å². The maximum atomic E-state index is 12.5. The van der Waals surface area contributed by atoms with E-state index in [-0.39, 0.29) is 16.9 Å². The molecule has 108 valence electrons. The van der Waals surface area contributed by atoms with E-state index < -0.39 is 0 Å². The van der Waals surface area contributed by atoms with E-state index in [0.29, 0.717) is 13.1 Å². The van der Waals surface area contributed by atoms with Crippen molar-refractivity contribution in [1.82, 2.24) is 9.88 Å². The van der Waals surface area contributed by atoms with E-state index in [9.17, 15) is 9.59 Å². The summed E-state index contributed by atoms with van der Waals surface area (Å²) in [5, 5.41) is 0. The normalized spacial score (nSPS) is 13.9. The SMILES string of the molecule is Cc1cc(=O)c(C(=O)N2CCc3c(N)cccc3C2)c[nH]1. The second kappa shape index (κ2) is 5.09. The first-order valence-corrected chi connectivity index (χ1v) is 6.91. The average molecular weight is 283 g/mol. The highest BCUT2D eigenvalue weighted by Crippen LogP contribution is 2.24. The van der Waals surface area contributed by atoms with Crippen LogP contribution in [0.4, 0.5) is 5.69 Å². The Bertz CT molecular complexity index is 764. The van der Waals surface area contributed by atoms with E-state index in [1.807, 2.05) is 18.2 Å². The molecule has 0 atom stereocenters. The first-order valence-electron chi connectivity index (χ1n) is 6.91. The lowest BCUT2D eigenvalue weighted by Crippen LogP contribution is -2.38. The Balaban J connectivity index is 1.89. The Morgan fingerprint density at radius 1 is 1.38 bits per heavy atom. The molecule has 5 nitrogen and oxygen atoms in total. The van der Waals surface area contributed by atoms with E-state index in [0.717, 1.165) is 28.9 Å². The second-order valence-corrected chi connectivity index (χ2v) is 5.36. The molecule has 0 bridgehead atoms. The highest BCUT2D eigenvalue weighted by molar-refractivity contribution is 5.94. The smallest absolute Gasteiger partial charge is 0.259 e. The zero-order valence-electron chi connectivity index (χ0n) is 11.8. The van der Waals surface area contributed by atoms with Gasteiger partial charge in [0.2, 0.25) is 0 Å². The largest absolute Gasteiger partial charge is 0.398 e. The second-order valence-electron chi connectivity index (χ2n) is 5.36. The van der Waals surface area contributed by atoms with Crippen molar-refractivity contribution >= 4 is 11.6 Å². The summed E-state index contributed by atoms with van der Waals surface area (Å²) < 4.78 is 0. The number of hydrogen-bond donors (Lipinski definition) is 2. The molecule has 1 aromatic heterocycles. The fourth-order valence-corrected chi connectivity index (χ4v) is 2.72. The lowest BCUT2D eigenvalue weighted by atomic mass is 9.97. The van der Waals surface area contributed by atoms with Gasteiger partial charge in [0.15, 0.2) is 5.43 Å². The molecule has 1 amide bonds. The lowest BCUT2D eigenvalue weighted by molar-refractivity contribution is 0.0733. The van der Waals surface area contributed by atoms with Crippen LogP contribution >= 0.6 is 0 Å². The minimum atomic E-state index is -0.241. The monoisotopic (exact) mass is 283 g/mol. The van der Waals surface area contributed by atoms with Crippen LogP contribution in [0, 0.1) is 6.92 Å². The summed E-state index contributed by atoms with van der Waals surface area (Å²) in [7, 11) is 0. The number of aryl methyl sites for hydroxylation is 1. The van der Waals surface area contributed by atoms with Crippen molar-refractivity contribution in [3.63, 3.8) is 0 Å². The molecule has 21 heavy (non-hydrogen) atoms. The van der Waals surface area contributed by atoms with E-state index in [1.165, 1.54) is 12.3 Å². The fourth-order valence-electron chi connectivity index (χ4n) is 2.72. The number of aromatic nitrogens is 1. The number of H-pyrrole nitrogens is 1. The van der Waals surface area contributed by atoms with Crippen LogP contribution < -0.4 is 11.2 Å². The zero-order valence-corrected chi connectivity index (χ0v) is 11.8. The van der Waals surface area contributed by atoms with Crippen molar-refractivity contribution in [1.29, 1.82) is 0 Å². The van der Waals surface area contributed by atoms with Gasteiger partial charge in [0.1, 0.15) is 5.56 Å². The number of hydrogen-bond acceptors (Lipinski definition) is 3. The molecule has 0 fully saturated rings. The van der Waals surface area contributed by atoms with Gasteiger partial charge in [0.05, 0.1) is 0 Å². The fraction of sp³-hybridized carbons (Fsp3) is 0.250. The van der Waals surface area contributed by atoms with Crippen LogP contribution in [0.2, 0.25) is 0 Å². The highest BCUT2D eigenvalue weighted by Gasteiger charge is 2.24. The number of nitrogen functional groups attached to an aromatic ring is 1. The van der Waals surface area contributed by atoms with E-state index >= 15 is 0 Å². The molecule has 0 aliphatic carbocycles. The zero-order chi connectivity index (χ0) is 15.0. The van der Waals surface area contributed by atoms with Crippen LogP contribution in [0.5, 0.6) is 0 Å². The predicted molar refractivity (Wildman–Crippen MR) is 81.1 cm³/mol. The highest BCUT2D eigenvalue weighted by atomic mass is 16.2. The van der Waals surface area contributed by atoms with Crippen molar-refractivity contribution in [3.8, 4) is 0 Å². The molecule has 2 aromatic rings. The number of carbonyl (C=O) groups is 1. The Morgan fingerprint density at radius 3 is 2.95 bits per heavy atom. The Morgan fingerprint density at radius 2 is 2.19 bits per heavy atom. The summed E-state index contributed by atoms with van der Waals surface area (Å²) in [6.45, 7) is 2.86. The maximum absolute atomic E-state index is 12.5. The van der Waals surface area contributed by atoms with Crippen LogP contribution in [0.3, 0.4) is 0 Å². The molecule has 1 aliphatic heterocycles. The maximum Gasteiger partial charge on any atom is 0.259 e. The quantitative estimate of drug-likeness (QED) is 0.778. The van der Waals surface area contributed by atoms with Crippen LogP contribution in [0.1, 0.15) is 27.2 Å². The molecule has 1 aliphatic rings. The van der Waals surface area contributed by atoms with Gasteiger partial charge in [0, 0.05) is 36.7 Å². The molecule has 1 aromatic carbocycles. The number of rotatable bonds is 1. The van der Waals surface area contributed by atoms with Crippen molar-refractivity contribution < 1.29 is 4.79 Å². The summed E-state index contributed by atoms with van der Waals surface area (Å²) in [6.07, 6.45) is 2.21. The Kier molecular flexibility index (Phi) is 3.25. The minimum absolute atomic E-state index is 0.188. The number of anilines is 1. The van der Waals surface area contributed by atoms with E-state index in [2.05, 4.69) is 4.98 Å². The standard InChI is InChI=1S/C16H17N3O2/c1-10-7-15(20)13(8-18-10)16(21)19-6-5-12-11(9-19)3-2-4-14(12)17/h2-4,7-8H,5-6,9,17H2,1H3,(H,18,20). The van der Waals surface area contributed by atoms with Crippen molar-refractivity contribution in [2.24, 2.45) is 0 Å². The van der Waals surface area contributed by atoms with Crippen LogP contribution in [-0.4, -0.2) is 22.3 Å². The molecule has 0 unspecified atom stereocenters. The topological polar surface area (TPSA) is 79.2 Å². The molecule has 0 spiro atoms. The molecule has 0 saturated heterocycles. The lowest BCUT2D eigenvalue weighted by Gasteiger charge is -2.29. The minimum Gasteiger partial charge on any atom is -0.398 e. The first-order chi connectivity index (χ1) is 10.1. The van der Waals surface area contributed by atoms with E-state index in [1.54, 1.807) is 11.8 Å². The number of nitrogens with two attached hydrogens (primary N) is 1. The van der Waals surface area contributed by atoms with Gasteiger partial charge in [-0.15, -0.1) is 0 Å². The van der Waals surface area contributed by atoms with Crippen molar-refractivity contribution in [2.75, 3.05) is 12.3 Å². The number of carbonyl (C=O) groups excluding carboxylic acids is 1. The third-order valence-corrected chi connectivity index (χ3v) is 3.88. The summed E-state index contributed by atoms with van der Waals surface area (Å²) >= 11 is 0. The van der Waals surface area contributed by atoms with Gasteiger partial charge in [-0.05, 0) is 30.5 Å². The number of benzene rings is 1. The van der Waals surface area contributed by atoms with Crippen LogP contribution in [-0.2, 0) is 13.0 Å². The van der Waals surface area contributed by atoms with Crippen LogP contribution in [0.15, 0.2) is 35.3 Å². The Labute approximate surface area is 122 Å². The number of nitrogens with one attached hydrogen (secondary N) is 1. The number of pyridine rings is 1. The summed E-state index contributed by atoms with van der Waals surface area (Å²) in [5.41, 5.74) is 9.58.